The molecule has 0 spiro atoms. The van der Waals surface area contributed by atoms with Crippen molar-refractivity contribution in [1.82, 2.24) is 0 Å². The van der Waals surface area contributed by atoms with Crippen molar-refractivity contribution >= 4 is 5.78 Å². The number of aromatic hydroxyl groups is 1. The smallest absolute Gasteiger partial charge is 0.153 e. The molecule has 0 aliphatic heterocycles. The first kappa shape index (κ1) is 12.4. The highest BCUT2D eigenvalue weighted by atomic mass is 19.1. The first-order valence-electron chi connectivity index (χ1n) is 4.84. The fourth-order valence-electron chi connectivity index (χ4n) is 1.36. The molecule has 0 unspecified atom stereocenters. The molecule has 1 atom stereocenters. The fraction of sp³-hybridized carbons (Fsp3) is 0.250. The van der Waals surface area contributed by atoms with Gasteiger partial charge in [-0.05, 0) is 30.7 Å². The molecule has 0 amide bonds. The molecule has 0 aliphatic rings. The zero-order chi connectivity index (χ0) is 12.2. The van der Waals surface area contributed by atoms with Crippen molar-refractivity contribution in [3.63, 3.8) is 0 Å². The van der Waals surface area contributed by atoms with Gasteiger partial charge in [0.2, 0.25) is 0 Å². The maximum Gasteiger partial charge on any atom is 0.153 e. The number of hydrogen-bond acceptors (Lipinski definition) is 3. The number of carbonyl (C=O) groups is 1. The minimum absolute atomic E-state index is 0.134. The second-order valence-electron chi connectivity index (χ2n) is 3.73. The minimum Gasteiger partial charge on any atom is -0.508 e. The van der Waals surface area contributed by atoms with Gasteiger partial charge >= 0.3 is 0 Å². The van der Waals surface area contributed by atoms with E-state index in [4.69, 9.17) is 10.8 Å². The van der Waals surface area contributed by atoms with Crippen LogP contribution in [-0.2, 0) is 11.2 Å². The van der Waals surface area contributed by atoms with Crippen LogP contribution in [0, 0.1) is 0 Å². The topological polar surface area (TPSA) is 63.3 Å². The average molecular weight is 223 g/mol. The summed E-state index contributed by atoms with van der Waals surface area (Å²) in [5, 5.41) is 9.10. The summed E-state index contributed by atoms with van der Waals surface area (Å²) in [5.41, 5.74) is 5.21. The molecule has 0 aromatic heterocycles. The van der Waals surface area contributed by atoms with E-state index >= 15 is 0 Å². The predicted octanol–water partition coefficient (Wildman–Crippen LogP) is 1.70. The summed E-state index contributed by atoms with van der Waals surface area (Å²) in [6.07, 6.45) is 1.52. The Labute approximate surface area is 93.4 Å². The summed E-state index contributed by atoms with van der Waals surface area (Å²) in [6.45, 7) is 1.32. The van der Waals surface area contributed by atoms with Crippen molar-refractivity contribution in [3.05, 3.63) is 42.2 Å². The highest BCUT2D eigenvalue weighted by Gasteiger charge is 2.27. The third-order valence-electron chi connectivity index (χ3n) is 2.45. The van der Waals surface area contributed by atoms with Crippen LogP contribution in [0.25, 0.3) is 0 Å². The molecule has 0 bridgehead atoms. The number of halogens is 1. The van der Waals surface area contributed by atoms with Gasteiger partial charge in [-0.2, -0.15) is 0 Å². The van der Waals surface area contributed by atoms with Crippen LogP contribution in [0.2, 0.25) is 0 Å². The van der Waals surface area contributed by atoms with Crippen molar-refractivity contribution in [3.8, 4) is 5.75 Å². The van der Waals surface area contributed by atoms with Gasteiger partial charge in [-0.1, -0.05) is 12.1 Å². The lowest BCUT2D eigenvalue weighted by Gasteiger charge is -2.22. The standard InChI is InChI=1S/C12H14FNO2/c1-9(15)12(14,6-7-13)8-10-2-4-11(16)5-3-10/h2-7,16H,8,14H2,1H3/b7-6+/t12-/m0/s1. The Hall–Kier alpha value is -1.68. The maximum atomic E-state index is 12.2. The molecule has 1 aromatic carbocycles. The summed E-state index contributed by atoms with van der Waals surface area (Å²) < 4.78 is 12.2. The van der Waals surface area contributed by atoms with Gasteiger partial charge in [0.25, 0.3) is 0 Å². The molecule has 16 heavy (non-hydrogen) atoms. The summed E-state index contributed by atoms with van der Waals surface area (Å²) in [7, 11) is 0. The number of phenols is 1. The van der Waals surface area contributed by atoms with Crippen LogP contribution in [0.1, 0.15) is 12.5 Å². The highest BCUT2D eigenvalue weighted by molar-refractivity contribution is 5.88. The van der Waals surface area contributed by atoms with E-state index in [0.29, 0.717) is 0 Å². The molecule has 0 radical (unpaired) electrons. The van der Waals surface area contributed by atoms with Gasteiger partial charge in [-0.15, -0.1) is 0 Å². The lowest BCUT2D eigenvalue weighted by Crippen LogP contribution is -2.46. The Kier molecular flexibility index (Phi) is 3.79. The van der Waals surface area contributed by atoms with Crippen LogP contribution >= 0.6 is 0 Å². The number of hydrogen-bond donors (Lipinski definition) is 2. The van der Waals surface area contributed by atoms with Crippen LogP contribution in [-0.4, -0.2) is 16.4 Å². The van der Waals surface area contributed by atoms with Gasteiger partial charge in [0.15, 0.2) is 5.78 Å². The van der Waals surface area contributed by atoms with Crippen molar-refractivity contribution in [2.45, 2.75) is 18.9 Å². The molecule has 1 aromatic rings. The second-order valence-corrected chi connectivity index (χ2v) is 3.73. The molecule has 0 fully saturated rings. The number of Topliss-reactive ketones (excluding diaryl/α,β-unsaturated/α-hetero) is 1. The van der Waals surface area contributed by atoms with Crippen LogP contribution in [0.4, 0.5) is 4.39 Å². The molecule has 1 rings (SSSR count). The first-order valence-corrected chi connectivity index (χ1v) is 4.84. The maximum absolute atomic E-state index is 12.2. The molecular weight excluding hydrogens is 209 g/mol. The zero-order valence-electron chi connectivity index (χ0n) is 8.98. The van der Waals surface area contributed by atoms with E-state index in [9.17, 15) is 9.18 Å². The Morgan fingerprint density at radius 3 is 2.50 bits per heavy atom. The summed E-state index contributed by atoms with van der Waals surface area (Å²) in [6, 6.07) is 6.28. The lowest BCUT2D eigenvalue weighted by molar-refractivity contribution is -0.120. The van der Waals surface area contributed by atoms with Crippen LogP contribution in [0.15, 0.2) is 36.7 Å². The molecule has 3 nitrogen and oxygen atoms in total. The lowest BCUT2D eigenvalue weighted by atomic mass is 9.88. The van der Waals surface area contributed by atoms with E-state index in [1.807, 2.05) is 0 Å². The molecule has 0 aliphatic carbocycles. The SMILES string of the molecule is CC(=O)[C@](N)(/C=C/F)Cc1ccc(O)cc1. The number of benzene rings is 1. The summed E-state index contributed by atoms with van der Waals surface area (Å²) in [5.74, 6) is -0.176. The highest BCUT2D eigenvalue weighted by Crippen LogP contribution is 2.17. The number of carbonyl (C=O) groups excluding carboxylic acids is 1. The number of rotatable bonds is 4. The Morgan fingerprint density at radius 2 is 2.06 bits per heavy atom. The van der Waals surface area contributed by atoms with E-state index in [0.717, 1.165) is 11.6 Å². The predicted molar refractivity (Wildman–Crippen MR) is 59.7 cm³/mol. The largest absolute Gasteiger partial charge is 0.508 e. The van der Waals surface area contributed by atoms with Gasteiger partial charge in [0.05, 0.1) is 11.9 Å². The van der Waals surface area contributed by atoms with Gasteiger partial charge < -0.3 is 10.8 Å². The average Bonchev–Trinajstić information content (AvgIpc) is 2.22. The van der Waals surface area contributed by atoms with E-state index in [1.165, 1.54) is 19.1 Å². The van der Waals surface area contributed by atoms with Gasteiger partial charge in [-0.25, -0.2) is 4.39 Å². The molecule has 0 saturated heterocycles. The van der Waals surface area contributed by atoms with E-state index in [1.54, 1.807) is 12.1 Å². The molecule has 3 N–H and O–H groups in total. The van der Waals surface area contributed by atoms with Crippen LogP contribution in [0.5, 0.6) is 5.75 Å². The Morgan fingerprint density at radius 1 is 1.50 bits per heavy atom. The quantitative estimate of drug-likeness (QED) is 0.816. The molecule has 86 valence electrons. The third kappa shape index (κ3) is 2.90. The molecular formula is C12H14FNO2. The monoisotopic (exact) mass is 223 g/mol. The first-order chi connectivity index (χ1) is 7.48. The van der Waals surface area contributed by atoms with Crippen molar-refractivity contribution in [2.75, 3.05) is 0 Å². The van der Waals surface area contributed by atoms with E-state index in [2.05, 4.69) is 0 Å². The third-order valence-corrected chi connectivity index (χ3v) is 2.45. The van der Waals surface area contributed by atoms with Crippen LogP contribution < -0.4 is 5.73 Å². The van der Waals surface area contributed by atoms with Crippen LogP contribution in [0.3, 0.4) is 0 Å². The van der Waals surface area contributed by atoms with E-state index in [-0.39, 0.29) is 24.3 Å². The van der Waals surface area contributed by atoms with Gasteiger partial charge in [-0.3, -0.25) is 4.79 Å². The van der Waals surface area contributed by atoms with Crippen molar-refractivity contribution in [2.24, 2.45) is 5.73 Å². The summed E-state index contributed by atoms with van der Waals surface area (Å²) in [4.78, 5) is 11.3. The van der Waals surface area contributed by atoms with Crippen molar-refractivity contribution < 1.29 is 14.3 Å². The fourth-order valence-corrected chi connectivity index (χ4v) is 1.36. The summed E-state index contributed by atoms with van der Waals surface area (Å²) >= 11 is 0. The molecule has 0 heterocycles. The molecule has 4 heteroatoms. The molecule has 0 saturated carbocycles. The van der Waals surface area contributed by atoms with E-state index < -0.39 is 5.54 Å². The zero-order valence-corrected chi connectivity index (χ0v) is 8.98. The number of nitrogens with two attached hydrogens (primary N) is 1. The Bertz CT molecular complexity index is 400. The number of ketones is 1. The van der Waals surface area contributed by atoms with Gasteiger partial charge in [0, 0.05) is 6.42 Å². The Balaban J connectivity index is 2.92. The minimum atomic E-state index is -1.33. The van der Waals surface area contributed by atoms with Crippen molar-refractivity contribution in [1.29, 1.82) is 0 Å². The van der Waals surface area contributed by atoms with Gasteiger partial charge in [0.1, 0.15) is 5.75 Å². The second kappa shape index (κ2) is 4.90. The normalized spacial score (nSPS) is 14.9. The number of phenolic OH excluding ortho intramolecular Hbond substituents is 1.